The maximum atomic E-state index is 9.20. The van der Waals surface area contributed by atoms with Crippen LogP contribution in [0.4, 0.5) is 0 Å². The van der Waals surface area contributed by atoms with E-state index in [1.807, 2.05) is 0 Å². The molecule has 0 aromatic carbocycles. The van der Waals surface area contributed by atoms with Crippen LogP contribution in [0.2, 0.25) is 0 Å². The van der Waals surface area contributed by atoms with Gasteiger partial charge in [0.2, 0.25) is 0 Å². The Balaban J connectivity index is 1.92. The van der Waals surface area contributed by atoms with Crippen LogP contribution in [0.1, 0.15) is 0 Å². The normalized spacial score (nSPS) is 46.8. The first kappa shape index (κ1) is 6.54. The largest absolute Gasteiger partial charge is 0.394 e. The van der Waals surface area contributed by atoms with Crippen molar-refractivity contribution in [3.8, 4) is 0 Å². The lowest BCUT2D eigenvalue weighted by molar-refractivity contribution is 0.0408. The summed E-state index contributed by atoms with van der Waals surface area (Å²) in [6.45, 7) is 1.89. The molecule has 2 heterocycles. The molecule has 0 spiro atoms. The average Bonchev–Trinajstić information content (AvgIpc) is 2.62. The van der Waals surface area contributed by atoms with Crippen LogP contribution in [0.3, 0.4) is 0 Å². The maximum absolute atomic E-state index is 9.20. The summed E-state index contributed by atoms with van der Waals surface area (Å²) >= 11 is 0. The van der Waals surface area contributed by atoms with Crippen molar-refractivity contribution in [2.24, 2.45) is 0 Å². The summed E-state index contributed by atoms with van der Waals surface area (Å²) in [4.78, 5) is 2.15. The van der Waals surface area contributed by atoms with Crippen LogP contribution in [0.15, 0.2) is 0 Å². The fourth-order valence-corrected chi connectivity index (χ4v) is 1.55. The van der Waals surface area contributed by atoms with E-state index >= 15 is 0 Å². The molecule has 2 aliphatic rings. The number of hydrogen-bond acceptors (Lipinski definition) is 4. The van der Waals surface area contributed by atoms with E-state index in [1.165, 1.54) is 0 Å². The van der Waals surface area contributed by atoms with Crippen molar-refractivity contribution in [3.05, 3.63) is 0 Å². The predicted molar refractivity (Wildman–Crippen MR) is 35.4 cm³/mol. The van der Waals surface area contributed by atoms with Crippen LogP contribution in [0.25, 0.3) is 0 Å². The lowest BCUT2D eigenvalue weighted by atomic mass is 10.3. The lowest BCUT2D eigenvalue weighted by Crippen LogP contribution is -2.43. The minimum absolute atomic E-state index is 0.00926. The van der Waals surface area contributed by atoms with Gasteiger partial charge >= 0.3 is 0 Å². The van der Waals surface area contributed by atoms with Gasteiger partial charge in [-0.25, -0.2) is 0 Å². The van der Waals surface area contributed by atoms with Gasteiger partial charge in [0.05, 0.1) is 12.8 Å². The summed E-state index contributed by atoms with van der Waals surface area (Å²) in [6.07, 6.45) is -0.609. The molecule has 0 amide bonds. The van der Waals surface area contributed by atoms with E-state index in [0.717, 1.165) is 13.1 Å². The van der Waals surface area contributed by atoms with Crippen LogP contribution >= 0.6 is 0 Å². The van der Waals surface area contributed by atoms with Gasteiger partial charge in [-0.1, -0.05) is 0 Å². The highest BCUT2D eigenvalue weighted by Gasteiger charge is 2.47. The second-order valence-corrected chi connectivity index (χ2v) is 2.95. The van der Waals surface area contributed by atoms with E-state index in [0.29, 0.717) is 6.04 Å². The van der Waals surface area contributed by atoms with Crippen LogP contribution in [-0.4, -0.2) is 53.1 Å². The Hall–Kier alpha value is -0.160. The zero-order valence-electron chi connectivity index (χ0n) is 5.70. The summed E-state index contributed by atoms with van der Waals surface area (Å²) in [5, 5.41) is 20.9. The van der Waals surface area contributed by atoms with Gasteiger partial charge in [0, 0.05) is 19.1 Å². The third-order valence-electron chi connectivity index (χ3n) is 2.23. The Morgan fingerprint density at radius 2 is 2.50 bits per heavy atom. The molecule has 0 aliphatic carbocycles. The lowest BCUT2D eigenvalue weighted by Gasteiger charge is -2.18. The van der Waals surface area contributed by atoms with Crippen molar-refractivity contribution in [1.29, 1.82) is 0 Å². The highest BCUT2D eigenvalue weighted by Crippen LogP contribution is 2.26. The van der Waals surface area contributed by atoms with Crippen molar-refractivity contribution >= 4 is 0 Å². The number of hydrogen-bond donors (Lipinski definition) is 3. The standard InChI is InChI=1S/C6H12N2O2/c9-3-5(10)6-7-1-4-2-8(4)6/h4-7,9-10H,1-3H2. The van der Waals surface area contributed by atoms with Crippen LogP contribution in [-0.2, 0) is 0 Å². The Morgan fingerprint density at radius 1 is 1.70 bits per heavy atom. The predicted octanol–water partition coefficient (Wildman–Crippen LogP) is -2.05. The first-order valence-electron chi connectivity index (χ1n) is 3.61. The zero-order valence-corrected chi connectivity index (χ0v) is 5.70. The average molecular weight is 144 g/mol. The van der Waals surface area contributed by atoms with Gasteiger partial charge in [-0.05, 0) is 0 Å². The molecule has 4 unspecified atom stereocenters. The van der Waals surface area contributed by atoms with Crippen LogP contribution < -0.4 is 5.32 Å². The molecule has 3 N–H and O–H groups in total. The molecule has 0 aromatic heterocycles. The van der Waals surface area contributed by atoms with Gasteiger partial charge in [0.15, 0.2) is 0 Å². The molecule has 0 radical (unpaired) electrons. The molecule has 4 atom stereocenters. The first-order chi connectivity index (χ1) is 4.83. The van der Waals surface area contributed by atoms with Gasteiger partial charge in [0.25, 0.3) is 0 Å². The van der Waals surface area contributed by atoms with Crippen LogP contribution in [0.5, 0.6) is 0 Å². The molecule has 2 fully saturated rings. The van der Waals surface area contributed by atoms with Crippen molar-refractivity contribution < 1.29 is 10.2 Å². The second kappa shape index (κ2) is 2.17. The topological polar surface area (TPSA) is 55.5 Å². The maximum Gasteiger partial charge on any atom is 0.106 e. The molecule has 4 nitrogen and oxygen atoms in total. The molecular weight excluding hydrogens is 132 g/mol. The Bertz CT molecular complexity index is 142. The fourth-order valence-electron chi connectivity index (χ4n) is 1.55. The molecule has 0 aromatic rings. The fraction of sp³-hybridized carbons (Fsp3) is 1.00. The monoisotopic (exact) mass is 144 g/mol. The smallest absolute Gasteiger partial charge is 0.106 e. The third-order valence-corrected chi connectivity index (χ3v) is 2.23. The number of nitrogens with zero attached hydrogens (tertiary/aromatic N) is 1. The highest BCUT2D eigenvalue weighted by molar-refractivity contribution is 5.03. The van der Waals surface area contributed by atoms with E-state index in [4.69, 9.17) is 5.11 Å². The molecule has 4 heteroatoms. The number of nitrogens with one attached hydrogen (secondary N) is 1. The molecule has 2 saturated heterocycles. The molecule has 2 aliphatic heterocycles. The highest BCUT2D eigenvalue weighted by atomic mass is 16.3. The summed E-state index contributed by atoms with van der Waals surface area (Å²) in [5.74, 6) is 0. The van der Waals surface area contributed by atoms with Crippen molar-refractivity contribution in [3.63, 3.8) is 0 Å². The quantitative estimate of drug-likeness (QED) is 0.391. The number of fused-ring (bicyclic) bond motifs is 1. The number of aliphatic hydroxyl groups is 2. The zero-order chi connectivity index (χ0) is 7.14. The van der Waals surface area contributed by atoms with Crippen molar-refractivity contribution in [1.82, 2.24) is 10.2 Å². The molecule has 0 bridgehead atoms. The molecule has 0 saturated carbocycles. The van der Waals surface area contributed by atoms with Gasteiger partial charge < -0.3 is 10.2 Å². The van der Waals surface area contributed by atoms with E-state index in [2.05, 4.69) is 10.2 Å². The SMILES string of the molecule is OCC(O)C1NCC2CN21. The van der Waals surface area contributed by atoms with Crippen molar-refractivity contribution in [2.75, 3.05) is 19.7 Å². The Labute approximate surface area is 59.5 Å². The van der Waals surface area contributed by atoms with Gasteiger partial charge in [-0.3, -0.25) is 10.2 Å². The minimum Gasteiger partial charge on any atom is -0.394 e. The van der Waals surface area contributed by atoms with E-state index in [9.17, 15) is 5.11 Å². The molecule has 10 heavy (non-hydrogen) atoms. The van der Waals surface area contributed by atoms with E-state index in [1.54, 1.807) is 0 Å². The Kier molecular flexibility index (Phi) is 1.42. The summed E-state index contributed by atoms with van der Waals surface area (Å²) in [6, 6.07) is 0.631. The summed E-state index contributed by atoms with van der Waals surface area (Å²) in [7, 11) is 0. The van der Waals surface area contributed by atoms with Gasteiger partial charge in [-0.2, -0.15) is 0 Å². The first-order valence-corrected chi connectivity index (χ1v) is 3.61. The third kappa shape index (κ3) is 0.845. The number of rotatable bonds is 2. The molecule has 58 valence electrons. The summed E-state index contributed by atoms with van der Waals surface area (Å²) in [5.41, 5.74) is 0. The summed E-state index contributed by atoms with van der Waals surface area (Å²) < 4.78 is 0. The minimum atomic E-state index is -0.618. The van der Waals surface area contributed by atoms with E-state index in [-0.39, 0.29) is 12.8 Å². The van der Waals surface area contributed by atoms with Gasteiger partial charge in [-0.15, -0.1) is 0 Å². The van der Waals surface area contributed by atoms with Gasteiger partial charge in [0.1, 0.15) is 6.10 Å². The van der Waals surface area contributed by atoms with E-state index < -0.39 is 6.10 Å². The van der Waals surface area contributed by atoms with Crippen molar-refractivity contribution in [2.45, 2.75) is 18.3 Å². The number of aliphatic hydroxyl groups excluding tert-OH is 2. The second-order valence-electron chi connectivity index (χ2n) is 2.95. The Morgan fingerprint density at radius 3 is 2.90 bits per heavy atom. The molecular formula is C6H12N2O2. The van der Waals surface area contributed by atoms with Crippen LogP contribution in [0, 0.1) is 0 Å². The molecule has 2 rings (SSSR count).